The van der Waals surface area contributed by atoms with Crippen molar-refractivity contribution in [3.63, 3.8) is 0 Å². The van der Waals surface area contributed by atoms with Crippen LogP contribution in [0.5, 0.6) is 0 Å². The van der Waals surface area contributed by atoms with Crippen LogP contribution in [0.4, 0.5) is 8.78 Å². The number of nitrogens with one attached hydrogen (secondary N) is 1. The number of methoxy groups -OCH3 is 1. The molecular weight excluding hydrogens is 292 g/mol. The lowest BCUT2D eigenvalue weighted by atomic mass is 9.81. The molecule has 2 fully saturated rings. The number of alkyl halides is 2. The van der Waals surface area contributed by atoms with Crippen LogP contribution < -0.4 is 5.32 Å². The Morgan fingerprint density at radius 2 is 2.32 bits per heavy atom. The van der Waals surface area contributed by atoms with Crippen molar-refractivity contribution in [1.29, 1.82) is 0 Å². The molecule has 0 unspecified atom stereocenters. The second-order valence-electron chi connectivity index (χ2n) is 6.25. The average molecular weight is 315 g/mol. The zero-order valence-corrected chi connectivity index (χ0v) is 12.8. The first-order valence-electron chi connectivity index (χ1n) is 7.81. The van der Waals surface area contributed by atoms with Crippen molar-refractivity contribution in [2.75, 3.05) is 26.9 Å². The van der Waals surface area contributed by atoms with E-state index in [-0.39, 0.29) is 30.9 Å². The van der Waals surface area contributed by atoms with E-state index < -0.39 is 5.92 Å². The van der Waals surface area contributed by atoms with E-state index in [1.165, 1.54) is 0 Å². The molecule has 1 saturated heterocycles. The van der Waals surface area contributed by atoms with Gasteiger partial charge in [0.15, 0.2) is 0 Å². The third kappa shape index (κ3) is 3.64. The summed E-state index contributed by atoms with van der Waals surface area (Å²) in [5.41, 5.74) is 1.03. The van der Waals surface area contributed by atoms with Crippen molar-refractivity contribution in [2.45, 2.75) is 43.9 Å². The summed E-state index contributed by atoms with van der Waals surface area (Å²) in [7, 11) is 1.66. The van der Waals surface area contributed by atoms with Gasteiger partial charge in [0.2, 0.25) is 5.92 Å². The maximum absolute atomic E-state index is 12.9. The van der Waals surface area contributed by atoms with Crippen LogP contribution in [0.1, 0.15) is 30.9 Å². The van der Waals surface area contributed by atoms with Gasteiger partial charge in [-0.3, -0.25) is 4.68 Å². The minimum Gasteiger partial charge on any atom is -0.383 e. The van der Waals surface area contributed by atoms with E-state index in [0.29, 0.717) is 26.3 Å². The van der Waals surface area contributed by atoms with Gasteiger partial charge in [-0.1, -0.05) is 0 Å². The van der Waals surface area contributed by atoms with Crippen LogP contribution in [0.2, 0.25) is 0 Å². The molecule has 7 heteroatoms. The molecule has 1 aliphatic heterocycles. The number of hydrogen-bond acceptors (Lipinski definition) is 4. The van der Waals surface area contributed by atoms with Gasteiger partial charge in [0, 0.05) is 44.4 Å². The van der Waals surface area contributed by atoms with Gasteiger partial charge >= 0.3 is 0 Å². The fraction of sp³-hybridized carbons (Fsp3) is 0.800. The van der Waals surface area contributed by atoms with Gasteiger partial charge in [-0.15, -0.1) is 0 Å². The Kier molecular flexibility index (Phi) is 4.75. The summed E-state index contributed by atoms with van der Waals surface area (Å²) in [5.74, 6) is -2.36. The third-order valence-corrected chi connectivity index (χ3v) is 4.44. The Bertz CT molecular complexity index is 487. The summed E-state index contributed by atoms with van der Waals surface area (Å²) in [6.45, 7) is 2.65. The van der Waals surface area contributed by atoms with Crippen LogP contribution in [0, 0.1) is 5.92 Å². The highest BCUT2D eigenvalue weighted by atomic mass is 19.3. The quantitative estimate of drug-likeness (QED) is 0.836. The minimum atomic E-state index is -2.44. The standard InChI is InChI=1S/C15H23F2N3O2/c1-21-5-3-20-10-12(9-19-20)14-13(2-4-22-14)18-8-11-6-15(16,17)7-11/h9-11,13-14,18H,2-8H2,1H3/t13-,14+/m0/s1. The molecule has 1 aromatic heterocycles. The molecule has 5 nitrogen and oxygen atoms in total. The molecule has 3 rings (SSSR count). The van der Waals surface area contributed by atoms with Gasteiger partial charge in [-0.05, 0) is 18.9 Å². The van der Waals surface area contributed by atoms with Crippen LogP contribution >= 0.6 is 0 Å². The molecule has 124 valence electrons. The van der Waals surface area contributed by atoms with Crippen LogP contribution in [0.15, 0.2) is 12.4 Å². The number of hydrogen-bond donors (Lipinski definition) is 1. The molecule has 1 N–H and O–H groups in total. The summed E-state index contributed by atoms with van der Waals surface area (Å²) in [6, 6.07) is 0.175. The van der Waals surface area contributed by atoms with Crippen LogP contribution in [-0.2, 0) is 16.0 Å². The third-order valence-electron chi connectivity index (χ3n) is 4.44. The zero-order valence-electron chi connectivity index (χ0n) is 12.8. The average Bonchev–Trinajstić information content (AvgIpc) is 3.08. The number of rotatable bonds is 7. The molecule has 0 amide bonds. The number of halogens is 2. The summed E-state index contributed by atoms with van der Waals surface area (Å²) in [5, 5.41) is 7.71. The fourth-order valence-electron chi connectivity index (χ4n) is 3.21. The maximum Gasteiger partial charge on any atom is 0.248 e. The Balaban J connectivity index is 1.51. The van der Waals surface area contributed by atoms with E-state index in [9.17, 15) is 8.78 Å². The van der Waals surface area contributed by atoms with Crippen molar-refractivity contribution in [3.05, 3.63) is 18.0 Å². The molecule has 0 radical (unpaired) electrons. The summed E-state index contributed by atoms with van der Waals surface area (Å²) in [6.07, 6.45) is 4.66. The Morgan fingerprint density at radius 3 is 3.05 bits per heavy atom. The van der Waals surface area contributed by atoms with Crippen molar-refractivity contribution in [3.8, 4) is 0 Å². The van der Waals surface area contributed by atoms with Crippen LogP contribution in [0.25, 0.3) is 0 Å². The molecule has 0 aromatic carbocycles. The van der Waals surface area contributed by atoms with E-state index in [1.807, 2.05) is 17.1 Å². The predicted octanol–water partition coefficient (Wildman–Crippen LogP) is 1.99. The summed E-state index contributed by atoms with van der Waals surface area (Å²) in [4.78, 5) is 0. The van der Waals surface area contributed by atoms with E-state index in [1.54, 1.807) is 7.11 Å². The minimum absolute atomic E-state index is 0.00714. The monoisotopic (exact) mass is 315 g/mol. The van der Waals surface area contributed by atoms with E-state index in [0.717, 1.165) is 12.0 Å². The van der Waals surface area contributed by atoms with Gasteiger partial charge in [-0.2, -0.15) is 5.10 Å². The van der Waals surface area contributed by atoms with Crippen LogP contribution in [-0.4, -0.2) is 48.6 Å². The molecule has 2 aliphatic rings. The second kappa shape index (κ2) is 6.60. The molecule has 1 saturated carbocycles. The van der Waals surface area contributed by atoms with E-state index >= 15 is 0 Å². The SMILES string of the molecule is COCCn1cc([C@H]2OCC[C@@H]2NCC2CC(F)(F)C2)cn1. The Morgan fingerprint density at radius 1 is 1.50 bits per heavy atom. The Hall–Kier alpha value is -1.05. The van der Waals surface area contributed by atoms with Crippen molar-refractivity contribution in [1.82, 2.24) is 15.1 Å². The lowest BCUT2D eigenvalue weighted by Gasteiger charge is -2.36. The van der Waals surface area contributed by atoms with E-state index in [4.69, 9.17) is 9.47 Å². The molecule has 22 heavy (non-hydrogen) atoms. The van der Waals surface area contributed by atoms with E-state index in [2.05, 4.69) is 10.4 Å². The molecule has 2 heterocycles. The first kappa shape index (κ1) is 15.8. The van der Waals surface area contributed by atoms with Crippen molar-refractivity contribution < 1.29 is 18.3 Å². The Labute approximate surface area is 129 Å². The van der Waals surface area contributed by atoms with Gasteiger partial charge in [0.1, 0.15) is 6.10 Å². The predicted molar refractivity (Wildman–Crippen MR) is 76.9 cm³/mol. The van der Waals surface area contributed by atoms with Crippen LogP contribution in [0.3, 0.4) is 0 Å². The molecular formula is C15H23F2N3O2. The van der Waals surface area contributed by atoms with Crippen molar-refractivity contribution in [2.24, 2.45) is 5.92 Å². The summed E-state index contributed by atoms with van der Waals surface area (Å²) < 4.78 is 38.4. The molecule has 1 aromatic rings. The number of ether oxygens (including phenoxy) is 2. The summed E-state index contributed by atoms with van der Waals surface area (Å²) >= 11 is 0. The zero-order chi connectivity index (χ0) is 15.6. The van der Waals surface area contributed by atoms with Gasteiger partial charge in [-0.25, -0.2) is 8.78 Å². The second-order valence-corrected chi connectivity index (χ2v) is 6.25. The topological polar surface area (TPSA) is 48.3 Å². The van der Waals surface area contributed by atoms with Gasteiger partial charge < -0.3 is 14.8 Å². The molecule has 0 spiro atoms. The number of aromatic nitrogens is 2. The molecule has 2 atom stereocenters. The van der Waals surface area contributed by atoms with Gasteiger partial charge in [0.25, 0.3) is 0 Å². The lowest BCUT2D eigenvalue weighted by Crippen LogP contribution is -2.44. The normalized spacial score (nSPS) is 28.0. The largest absolute Gasteiger partial charge is 0.383 e. The number of nitrogens with zero attached hydrogens (tertiary/aromatic N) is 2. The smallest absolute Gasteiger partial charge is 0.248 e. The molecule has 1 aliphatic carbocycles. The highest BCUT2D eigenvalue weighted by Crippen LogP contribution is 2.42. The molecule has 0 bridgehead atoms. The lowest BCUT2D eigenvalue weighted by molar-refractivity contribution is -0.109. The highest BCUT2D eigenvalue weighted by Gasteiger charge is 2.45. The highest BCUT2D eigenvalue weighted by molar-refractivity contribution is 5.13. The fourth-order valence-corrected chi connectivity index (χ4v) is 3.21. The first-order valence-corrected chi connectivity index (χ1v) is 7.81. The van der Waals surface area contributed by atoms with Gasteiger partial charge in [0.05, 0.1) is 19.3 Å². The van der Waals surface area contributed by atoms with Crippen molar-refractivity contribution >= 4 is 0 Å². The first-order chi connectivity index (χ1) is 10.6. The maximum atomic E-state index is 12.9.